The summed E-state index contributed by atoms with van der Waals surface area (Å²) in [5.74, 6) is 2.54. The van der Waals surface area contributed by atoms with Crippen molar-refractivity contribution in [2.45, 2.75) is 18.3 Å². The number of amides is 1. The molecule has 0 atom stereocenters. The van der Waals surface area contributed by atoms with E-state index < -0.39 is 5.41 Å². The minimum atomic E-state index is -0.540. The van der Waals surface area contributed by atoms with E-state index in [4.69, 9.17) is 14.2 Å². The van der Waals surface area contributed by atoms with Gasteiger partial charge in [0.1, 0.15) is 5.82 Å². The van der Waals surface area contributed by atoms with Gasteiger partial charge in [-0.15, -0.1) is 0 Å². The molecule has 1 saturated carbocycles. The van der Waals surface area contributed by atoms with Gasteiger partial charge in [0.2, 0.25) is 12.7 Å². The Balaban J connectivity index is 1.39. The number of nitrogens with one attached hydrogen (secondary N) is 2. The molecule has 1 amide bonds. The maximum absolute atomic E-state index is 13.1. The van der Waals surface area contributed by atoms with Crippen LogP contribution in [0.5, 0.6) is 11.5 Å². The Morgan fingerprint density at radius 1 is 1.21 bits per heavy atom. The number of fused-ring (bicyclic) bond motifs is 1. The van der Waals surface area contributed by atoms with Crippen molar-refractivity contribution in [2.24, 2.45) is 0 Å². The molecule has 0 unspecified atom stereocenters. The normalized spacial score (nSPS) is 18.2. The summed E-state index contributed by atoms with van der Waals surface area (Å²) in [6.07, 6.45) is 5.56. The van der Waals surface area contributed by atoms with Crippen LogP contribution in [0, 0.1) is 0 Å². The number of methoxy groups -OCH3 is 1. The molecule has 7 heteroatoms. The Labute approximate surface area is 168 Å². The summed E-state index contributed by atoms with van der Waals surface area (Å²) in [7, 11) is 1.62. The molecule has 1 aromatic heterocycles. The van der Waals surface area contributed by atoms with E-state index in [9.17, 15) is 4.79 Å². The van der Waals surface area contributed by atoms with Crippen LogP contribution < -0.4 is 20.1 Å². The molecule has 29 heavy (non-hydrogen) atoms. The van der Waals surface area contributed by atoms with Crippen LogP contribution in [0.3, 0.4) is 0 Å². The SMILES string of the molecule is COC1=C(c2cccc(NC(=O)C3(c4ccc5c(c4)OCO5)CC3)n2)C=CCN1. The molecule has 0 bridgehead atoms. The summed E-state index contributed by atoms with van der Waals surface area (Å²) in [5, 5.41) is 6.17. The summed E-state index contributed by atoms with van der Waals surface area (Å²) in [4.78, 5) is 17.7. The number of carbonyl (C=O) groups excluding carboxylic acids is 1. The number of nitrogens with zero attached hydrogens (tertiary/aromatic N) is 1. The van der Waals surface area contributed by atoms with Crippen molar-refractivity contribution in [1.82, 2.24) is 10.3 Å². The lowest BCUT2D eigenvalue weighted by atomic mass is 9.94. The van der Waals surface area contributed by atoms with E-state index in [0.717, 1.165) is 35.4 Å². The highest BCUT2D eigenvalue weighted by Crippen LogP contribution is 2.51. The summed E-state index contributed by atoms with van der Waals surface area (Å²) in [5.41, 5.74) is 1.99. The lowest BCUT2D eigenvalue weighted by Gasteiger charge is -2.18. The highest BCUT2D eigenvalue weighted by molar-refractivity contribution is 6.01. The zero-order valence-electron chi connectivity index (χ0n) is 16.0. The van der Waals surface area contributed by atoms with Crippen molar-refractivity contribution in [3.8, 4) is 11.5 Å². The molecule has 0 saturated heterocycles. The number of hydrogen-bond acceptors (Lipinski definition) is 6. The third-order valence-electron chi connectivity index (χ3n) is 5.49. The number of pyridine rings is 1. The van der Waals surface area contributed by atoms with Gasteiger partial charge in [-0.1, -0.05) is 18.2 Å². The highest BCUT2D eigenvalue weighted by atomic mass is 16.7. The van der Waals surface area contributed by atoms with Gasteiger partial charge in [0, 0.05) is 6.54 Å². The van der Waals surface area contributed by atoms with Gasteiger partial charge in [-0.3, -0.25) is 4.79 Å². The Morgan fingerprint density at radius 2 is 2.07 bits per heavy atom. The van der Waals surface area contributed by atoms with Crippen molar-refractivity contribution < 1.29 is 19.0 Å². The van der Waals surface area contributed by atoms with Gasteiger partial charge in [0.05, 0.1) is 23.8 Å². The van der Waals surface area contributed by atoms with Crippen molar-refractivity contribution in [1.29, 1.82) is 0 Å². The number of dihydropyridines is 1. The van der Waals surface area contributed by atoms with Crippen LogP contribution >= 0.6 is 0 Å². The second-order valence-corrected chi connectivity index (χ2v) is 7.24. The second kappa shape index (κ2) is 6.84. The fourth-order valence-electron chi connectivity index (χ4n) is 3.74. The molecule has 1 fully saturated rings. The molecule has 1 aliphatic carbocycles. The quantitative estimate of drug-likeness (QED) is 0.816. The van der Waals surface area contributed by atoms with Crippen molar-refractivity contribution in [3.63, 3.8) is 0 Å². The highest BCUT2D eigenvalue weighted by Gasteiger charge is 2.51. The van der Waals surface area contributed by atoms with Crippen LogP contribution in [0.4, 0.5) is 5.82 Å². The first-order valence-electron chi connectivity index (χ1n) is 9.57. The first-order valence-corrected chi connectivity index (χ1v) is 9.57. The molecule has 2 aromatic rings. The minimum absolute atomic E-state index is 0.0562. The molecular weight excluding hydrogens is 370 g/mol. The molecule has 0 spiro atoms. The van der Waals surface area contributed by atoms with Gasteiger partial charge in [-0.25, -0.2) is 4.98 Å². The summed E-state index contributed by atoms with van der Waals surface area (Å²) in [6, 6.07) is 11.3. The van der Waals surface area contributed by atoms with E-state index in [1.54, 1.807) is 13.2 Å². The zero-order chi connectivity index (χ0) is 19.8. The summed E-state index contributed by atoms with van der Waals surface area (Å²) < 4.78 is 16.2. The van der Waals surface area contributed by atoms with E-state index in [1.807, 2.05) is 42.5 Å². The molecule has 3 heterocycles. The second-order valence-electron chi connectivity index (χ2n) is 7.24. The molecular formula is C22H21N3O4. The fraction of sp³-hybridized carbons (Fsp3) is 0.273. The number of carbonyl (C=O) groups is 1. The average Bonchev–Trinajstić information content (AvgIpc) is 3.45. The van der Waals surface area contributed by atoms with E-state index in [-0.39, 0.29) is 12.7 Å². The molecule has 5 rings (SSSR count). The molecule has 2 N–H and O–H groups in total. The first-order chi connectivity index (χ1) is 14.2. The topological polar surface area (TPSA) is 81.7 Å². The fourth-order valence-corrected chi connectivity index (χ4v) is 3.74. The van der Waals surface area contributed by atoms with Crippen molar-refractivity contribution >= 4 is 17.3 Å². The van der Waals surface area contributed by atoms with Crippen LogP contribution in [0.2, 0.25) is 0 Å². The average molecular weight is 391 g/mol. The van der Waals surface area contributed by atoms with Crippen molar-refractivity contribution in [2.75, 3.05) is 25.8 Å². The Hall–Kier alpha value is -3.48. The smallest absolute Gasteiger partial charge is 0.236 e. The van der Waals surface area contributed by atoms with E-state index >= 15 is 0 Å². The maximum Gasteiger partial charge on any atom is 0.236 e. The van der Waals surface area contributed by atoms with E-state index in [1.165, 1.54) is 0 Å². The summed E-state index contributed by atoms with van der Waals surface area (Å²) in [6.45, 7) is 0.929. The molecule has 148 valence electrons. The minimum Gasteiger partial charge on any atom is -0.482 e. The van der Waals surface area contributed by atoms with Gasteiger partial charge in [0.25, 0.3) is 0 Å². The monoisotopic (exact) mass is 391 g/mol. The number of rotatable bonds is 5. The first kappa shape index (κ1) is 17.6. The van der Waals surface area contributed by atoms with Crippen LogP contribution in [0.15, 0.2) is 54.4 Å². The van der Waals surface area contributed by atoms with E-state index in [0.29, 0.717) is 24.0 Å². The van der Waals surface area contributed by atoms with Crippen LogP contribution in [0.1, 0.15) is 24.1 Å². The summed E-state index contributed by atoms with van der Waals surface area (Å²) >= 11 is 0. The molecule has 0 radical (unpaired) electrons. The Kier molecular flexibility index (Phi) is 4.16. The number of aromatic nitrogens is 1. The molecule has 7 nitrogen and oxygen atoms in total. The third-order valence-corrected chi connectivity index (χ3v) is 5.49. The van der Waals surface area contributed by atoms with Crippen LogP contribution in [0.25, 0.3) is 5.57 Å². The number of ether oxygens (including phenoxy) is 3. The zero-order valence-corrected chi connectivity index (χ0v) is 16.0. The number of hydrogen-bond donors (Lipinski definition) is 2. The number of allylic oxidation sites excluding steroid dienone is 2. The largest absolute Gasteiger partial charge is 0.482 e. The van der Waals surface area contributed by atoms with Gasteiger partial charge in [0.15, 0.2) is 17.4 Å². The standard InChI is InChI=1S/C22H21N3O4/c1-27-20-15(4-3-11-23-20)16-5-2-6-19(24-16)25-21(26)22(9-10-22)14-7-8-17-18(12-14)29-13-28-17/h2-8,12,23H,9-11,13H2,1H3,(H,24,25,26). The Morgan fingerprint density at radius 3 is 2.90 bits per heavy atom. The Bertz CT molecular complexity index is 1040. The molecule has 1 aromatic carbocycles. The lowest BCUT2D eigenvalue weighted by molar-refractivity contribution is -0.118. The number of benzene rings is 1. The van der Waals surface area contributed by atoms with Crippen LogP contribution in [-0.4, -0.2) is 31.3 Å². The maximum atomic E-state index is 13.1. The molecule has 2 aliphatic heterocycles. The number of anilines is 1. The lowest BCUT2D eigenvalue weighted by Crippen LogP contribution is -2.28. The third kappa shape index (κ3) is 3.08. The van der Waals surface area contributed by atoms with Gasteiger partial charge in [-0.2, -0.15) is 0 Å². The van der Waals surface area contributed by atoms with Gasteiger partial charge < -0.3 is 24.8 Å². The van der Waals surface area contributed by atoms with E-state index in [2.05, 4.69) is 15.6 Å². The predicted molar refractivity (Wildman–Crippen MR) is 107 cm³/mol. The van der Waals surface area contributed by atoms with Gasteiger partial charge in [-0.05, 0) is 48.7 Å². The van der Waals surface area contributed by atoms with Crippen molar-refractivity contribution in [3.05, 3.63) is 65.7 Å². The van der Waals surface area contributed by atoms with Crippen LogP contribution in [-0.2, 0) is 14.9 Å². The predicted octanol–water partition coefficient (Wildman–Crippen LogP) is 2.96. The molecule has 3 aliphatic rings. The van der Waals surface area contributed by atoms with Gasteiger partial charge >= 0.3 is 0 Å².